The van der Waals surface area contributed by atoms with Gasteiger partial charge in [-0.05, 0) is 24.3 Å². The van der Waals surface area contributed by atoms with Crippen molar-refractivity contribution >= 4 is 55.7 Å². The molecule has 0 saturated heterocycles. The minimum atomic E-state index is -0.516. The number of anilines is 3. The van der Waals surface area contributed by atoms with Gasteiger partial charge in [-0.15, -0.1) is 0 Å². The molecule has 20 heavy (non-hydrogen) atoms. The maximum absolute atomic E-state index is 11.2. The lowest BCUT2D eigenvalue weighted by atomic mass is 10.2. The van der Waals surface area contributed by atoms with E-state index < -0.39 is 5.76 Å². The van der Waals surface area contributed by atoms with Gasteiger partial charge in [-0.3, -0.25) is 4.98 Å². The Kier molecular flexibility index (Phi) is 3.19. The van der Waals surface area contributed by atoms with Gasteiger partial charge in [0.15, 0.2) is 5.58 Å². The number of hydrogen-bond donors (Lipinski definition) is 3. The Hall–Kier alpha value is -1.92. The normalized spacial score (nSPS) is 10.9. The molecule has 0 aliphatic rings. The second-order valence-corrected chi connectivity index (χ2v) is 5.52. The number of oxazole rings is 1. The SMILES string of the molecule is Nc1cc2oc(=O)[nH]c2cc1Nc1ccc(Br)cc1Cl. The molecule has 3 rings (SSSR count). The highest BCUT2D eigenvalue weighted by Crippen LogP contribution is 2.32. The van der Waals surface area contributed by atoms with Gasteiger partial charge < -0.3 is 15.5 Å². The molecular weight excluding hydrogens is 346 g/mol. The molecule has 0 fully saturated rings. The van der Waals surface area contributed by atoms with Gasteiger partial charge in [-0.25, -0.2) is 4.79 Å². The van der Waals surface area contributed by atoms with Gasteiger partial charge in [0.2, 0.25) is 0 Å². The Balaban J connectivity index is 2.05. The van der Waals surface area contributed by atoms with Gasteiger partial charge >= 0.3 is 5.76 Å². The van der Waals surface area contributed by atoms with E-state index in [1.165, 1.54) is 0 Å². The van der Waals surface area contributed by atoms with Crippen LogP contribution in [0.3, 0.4) is 0 Å². The van der Waals surface area contributed by atoms with Crippen molar-refractivity contribution in [2.24, 2.45) is 0 Å². The second-order valence-electron chi connectivity index (χ2n) is 4.20. The van der Waals surface area contributed by atoms with E-state index in [-0.39, 0.29) is 0 Å². The lowest BCUT2D eigenvalue weighted by Gasteiger charge is -2.11. The maximum Gasteiger partial charge on any atom is 0.417 e. The average Bonchev–Trinajstić information content (AvgIpc) is 2.72. The van der Waals surface area contributed by atoms with Crippen molar-refractivity contribution in [2.45, 2.75) is 0 Å². The molecule has 0 unspecified atom stereocenters. The number of nitrogens with two attached hydrogens (primary N) is 1. The predicted molar refractivity (Wildman–Crippen MR) is 83.7 cm³/mol. The van der Waals surface area contributed by atoms with E-state index >= 15 is 0 Å². The van der Waals surface area contributed by atoms with Crippen LogP contribution in [0.15, 0.2) is 44.0 Å². The topological polar surface area (TPSA) is 84.0 Å². The summed E-state index contributed by atoms with van der Waals surface area (Å²) in [6.45, 7) is 0. The van der Waals surface area contributed by atoms with E-state index in [0.717, 1.165) is 4.47 Å². The van der Waals surface area contributed by atoms with E-state index in [2.05, 4.69) is 26.2 Å². The largest absolute Gasteiger partial charge is 0.417 e. The van der Waals surface area contributed by atoms with Gasteiger partial charge in [-0.2, -0.15) is 0 Å². The zero-order chi connectivity index (χ0) is 14.3. The van der Waals surface area contributed by atoms with Crippen LogP contribution in [0.25, 0.3) is 11.1 Å². The fourth-order valence-electron chi connectivity index (χ4n) is 1.86. The Morgan fingerprint density at radius 1 is 1.25 bits per heavy atom. The number of nitrogens with one attached hydrogen (secondary N) is 2. The quantitative estimate of drug-likeness (QED) is 0.610. The fraction of sp³-hybridized carbons (Fsp3) is 0. The fourth-order valence-corrected chi connectivity index (χ4v) is 2.58. The monoisotopic (exact) mass is 353 g/mol. The summed E-state index contributed by atoms with van der Waals surface area (Å²) in [4.78, 5) is 13.7. The van der Waals surface area contributed by atoms with Crippen LogP contribution in [-0.4, -0.2) is 4.98 Å². The second kappa shape index (κ2) is 4.88. The Labute approximate surface area is 126 Å². The molecule has 4 N–H and O–H groups in total. The maximum atomic E-state index is 11.2. The van der Waals surface area contributed by atoms with Crippen LogP contribution >= 0.6 is 27.5 Å². The van der Waals surface area contributed by atoms with Crippen molar-refractivity contribution in [3.05, 3.63) is 50.4 Å². The van der Waals surface area contributed by atoms with E-state index in [9.17, 15) is 4.79 Å². The standard InChI is InChI=1S/C13H9BrClN3O2/c14-6-1-2-9(7(15)3-6)17-10-5-11-12(4-8(10)16)20-13(19)18-11/h1-5,17H,16H2,(H,18,19). The zero-order valence-corrected chi connectivity index (χ0v) is 12.4. The molecule has 0 atom stereocenters. The molecule has 102 valence electrons. The minimum absolute atomic E-state index is 0.417. The molecule has 0 aliphatic heterocycles. The van der Waals surface area contributed by atoms with Crippen molar-refractivity contribution < 1.29 is 4.42 Å². The van der Waals surface area contributed by atoms with Crippen LogP contribution in [0.2, 0.25) is 5.02 Å². The zero-order valence-electron chi connectivity index (χ0n) is 10.0. The number of rotatable bonds is 2. The first-order chi connectivity index (χ1) is 9.52. The number of H-pyrrole nitrogens is 1. The van der Waals surface area contributed by atoms with Crippen LogP contribution < -0.4 is 16.8 Å². The molecule has 0 aliphatic carbocycles. The third-order valence-corrected chi connectivity index (χ3v) is 3.60. The van der Waals surface area contributed by atoms with Crippen LogP contribution in [-0.2, 0) is 0 Å². The lowest BCUT2D eigenvalue weighted by molar-refractivity contribution is 0.555. The highest BCUT2D eigenvalue weighted by Gasteiger charge is 2.08. The van der Waals surface area contributed by atoms with Gasteiger partial charge in [0.25, 0.3) is 0 Å². The number of aromatic nitrogens is 1. The summed E-state index contributed by atoms with van der Waals surface area (Å²) in [5.74, 6) is -0.516. The molecule has 1 aromatic heterocycles. The molecule has 5 nitrogen and oxygen atoms in total. The molecule has 0 spiro atoms. The van der Waals surface area contributed by atoms with Crippen LogP contribution in [0.5, 0.6) is 0 Å². The summed E-state index contributed by atoms with van der Waals surface area (Å²) in [5, 5.41) is 3.68. The molecule has 1 heterocycles. The van der Waals surface area contributed by atoms with Crippen molar-refractivity contribution in [1.82, 2.24) is 4.98 Å². The van der Waals surface area contributed by atoms with E-state index in [1.807, 2.05) is 12.1 Å². The third-order valence-electron chi connectivity index (χ3n) is 2.79. The number of aromatic amines is 1. The first kappa shape index (κ1) is 13.1. The summed E-state index contributed by atoms with van der Waals surface area (Å²) >= 11 is 9.49. The number of hydrogen-bond acceptors (Lipinski definition) is 4. The number of halogens is 2. The Morgan fingerprint density at radius 2 is 2.05 bits per heavy atom. The van der Waals surface area contributed by atoms with Crippen molar-refractivity contribution in [2.75, 3.05) is 11.1 Å². The van der Waals surface area contributed by atoms with Crippen LogP contribution in [0, 0.1) is 0 Å². The highest BCUT2D eigenvalue weighted by molar-refractivity contribution is 9.10. The van der Waals surface area contributed by atoms with Gasteiger partial charge in [0.05, 0.1) is 27.6 Å². The average molecular weight is 355 g/mol. The number of benzene rings is 2. The summed E-state index contributed by atoms with van der Waals surface area (Å²) in [7, 11) is 0. The van der Waals surface area contributed by atoms with E-state index in [0.29, 0.717) is 33.2 Å². The van der Waals surface area contributed by atoms with Gasteiger partial charge in [0, 0.05) is 10.5 Å². The molecule has 0 saturated carbocycles. The molecular formula is C13H9BrClN3O2. The molecule has 0 amide bonds. The van der Waals surface area contributed by atoms with Crippen molar-refractivity contribution in [1.29, 1.82) is 0 Å². The Bertz CT molecular complexity index is 856. The van der Waals surface area contributed by atoms with E-state index in [4.69, 9.17) is 21.8 Å². The minimum Gasteiger partial charge on any atom is -0.408 e. The Morgan fingerprint density at radius 3 is 2.80 bits per heavy atom. The third kappa shape index (κ3) is 2.39. The van der Waals surface area contributed by atoms with Crippen molar-refractivity contribution in [3.63, 3.8) is 0 Å². The summed E-state index contributed by atoms with van der Waals surface area (Å²) < 4.78 is 5.83. The summed E-state index contributed by atoms with van der Waals surface area (Å²) in [6, 6.07) is 8.76. The molecule has 3 aromatic rings. The first-order valence-corrected chi connectivity index (χ1v) is 6.84. The smallest absolute Gasteiger partial charge is 0.408 e. The molecule has 7 heteroatoms. The predicted octanol–water partition coefficient (Wildman–Crippen LogP) is 3.86. The van der Waals surface area contributed by atoms with Crippen molar-refractivity contribution in [3.8, 4) is 0 Å². The van der Waals surface area contributed by atoms with Gasteiger partial charge in [-0.1, -0.05) is 27.5 Å². The first-order valence-electron chi connectivity index (χ1n) is 5.67. The summed E-state index contributed by atoms with van der Waals surface area (Å²) in [5.41, 5.74) is 8.73. The van der Waals surface area contributed by atoms with Gasteiger partial charge in [0.1, 0.15) is 0 Å². The lowest BCUT2D eigenvalue weighted by Crippen LogP contribution is -1.97. The molecule has 0 radical (unpaired) electrons. The molecule has 0 bridgehead atoms. The highest BCUT2D eigenvalue weighted by atomic mass is 79.9. The number of nitrogen functional groups attached to an aromatic ring is 1. The number of fused-ring (bicyclic) bond motifs is 1. The van der Waals surface area contributed by atoms with Crippen LogP contribution in [0.4, 0.5) is 17.1 Å². The molecule has 2 aromatic carbocycles. The van der Waals surface area contributed by atoms with Crippen LogP contribution in [0.1, 0.15) is 0 Å². The summed E-state index contributed by atoms with van der Waals surface area (Å²) in [6.07, 6.45) is 0. The van der Waals surface area contributed by atoms with E-state index in [1.54, 1.807) is 18.2 Å².